The molecule has 9 aliphatic carbocycles. The summed E-state index contributed by atoms with van der Waals surface area (Å²) in [6.45, 7) is 0. The van der Waals surface area contributed by atoms with Crippen molar-refractivity contribution in [2.45, 2.75) is 16.2 Å². The summed E-state index contributed by atoms with van der Waals surface area (Å²) < 4.78 is 6.40. The molecule has 9 aliphatic rings. The first-order valence-corrected chi connectivity index (χ1v) is 51.3. The number of nitrogens with zero attached hydrogens (tertiary/aromatic N) is 5. The topological polar surface area (TPSA) is 77.6 Å². The maximum atomic E-state index is 6.40. The average Bonchev–Trinajstić information content (AvgIpc) is 1.50. The lowest BCUT2D eigenvalue weighted by atomic mass is 9.69. The van der Waals surface area contributed by atoms with Gasteiger partial charge in [-0.2, -0.15) is 0 Å². The molecule has 27 aromatic rings. The molecule has 0 saturated heterocycles. The lowest BCUT2D eigenvalue weighted by molar-refractivity contribution is 0.667. The van der Waals surface area contributed by atoms with Gasteiger partial charge in [0, 0.05) is 52.3 Å². The van der Waals surface area contributed by atoms with Crippen LogP contribution in [-0.2, 0) is 16.2 Å². The van der Waals surface area contributed by atoms with Crippen LogP contribution in [0.1, 0.15) is 66.8 Å². The van der Waals surface area contributed by atoms with Crippen LogP contribution >= 0.6 is 0 Å². The Hall–Kier alpha value is -19.3. The highest BCUT2D eigenvalue weighted by Crippen LogP contribution is 2.73. The van der Waals surface area contributed by atoms with Gasteiger partial charge in [0.2, 0.25) is 0 Å². The van der Waals surface area contributed by atoms with E-state index in [1.54, 1.807) is 6.20 Å². The smallest absolute Gasteiger partial charge is 0.156 e. The van der Waals surface area contributed by atoms with Crippen molar-refractivity contribution in [2.75, 3.05) is 0 Å². The predicted molar refractivity (Wildman–Crippen MR) is 605 cm³/mol. The highest BCUT2D eigenvalue weighted by atomic mass is 16.3. The SMILES string of the molecule is c1ccc2c(c1)-c1ccccc1C21c2ccccc2-c2c1cc1c(c2-c2ccc(-c3ccncc3)cc2)-c2cccc3cccc-1c23.c1ccc2c(c1)-c1ccccc1C21c2ccccc2-c2c1cc1c(c2-c2cnc3c(c2)oc2cccnc23)-c2cccc3cccc-1c23.c1ccc2c(c1)-c1ccccc1C21c2ccccc2-c2c1cc1c(c2-c2cnc3c4ccccc4c4ccccc4c3n2)-c2cccc3cccc-1c23. The fourth-order valence-electron chi connectivity index (χ4n) is 29.1. The second kappa shape index (κ2) is 29.5. The Bertz CT molecular complexity index is 10500. The van der Waals surface area contributed by atoms with E-state index >= 15 is 0 Å². The first-order valence-electron chi connectivity index (χ1n) is 51.3. The molecule has 0 fully saturated rings. The highest BCUT2D eigenvalue weighted by Gasteiger charge is 2.58. The normalized spacial score (nSPS) is 13.8. The molecule has 0 saturated carbocycles. The maximum Gasteiger partial charge on any atom is 0.156 e. The van der Waals surface area contributed by atoms with E-state index in [4.69, 9.17) is 19.4 Å². The zero-order valence-electron chi connectivity index (χ0n) is 79.8. The molecule has 0 N–H and O–H groups in total. The third-order valence-electron chi connectivity index (χ3n) is 34.5. The Morgan fingerprint density at radius 1 is 0.169 bits per heavy atom. The number of hydrogen-bond donors (Lipinski definition) is 0. The number of benzene rings is 22. The molecule has 5 heterocycles. The molecule has 0 radical (unpaired) electrons. The van der Waals surface area contributed by atoms with Crippen LogP contribution in [0.3, 0.4) is 0 Å². The third-order valence-corrected chi connectivity index (χ3v) is 34.5. The van der Waals surface area contributed by atoms with Crippen molar-refractivity contribution >= 4 is 87.1 Å². The molecule has 3 spiro atoms. The van der Waals surface area contributed by atoms with Crippen LogP contribution in [0, 0.1) is 0 Å². The molecule has 678 valence electrons. The van der Waals surface area contributed by atoms with Crippen LogP contribution < -0.4 is 0 Å². The second-order valence-electron chi connectivity index (χ2n) is 41.0. The van der Waals surface area contributed by atoms with Crippen LogP contribution in [0.5, 0.6) is 0 Å². The van der Waals surface area contributed by atoms with Gasteiger partial charge in [-0.1, -0.05) is 400 Å². The molecular formula is C142H79N5O. The number of aromatic nitrogens is 5. The fraction of sp³-hybridized carbons (Fsp3) is 0.0211. The maximum absolute atomic E-state index is 6.40. The quantitative estimate of drug-likeness (QED) is 0.163. The molecular weight excluding hydrogens is 1790 g/mol. The zero-order valence-corrected chi connectivity index (χ0v) is 79.8. The summed E-state index contributed by atoms with van der Waals surface area (Å²) in [5.41, 5.74) is 60.2. The molecule has 0 unspecified atom stereocenters. The van der Waals surface area contributed by atoms with E-state index in [0.29, 0.717) is 0 Å². The molecule has 36 rings (SSSR count). The molecule has 0 aliphatic heterocycles. The summed E-state index contributed by atoms with van der Waals surface area (Å²) in [5.74, 6) is 0. The molecule has 0 amide bonds. The summed E-state index contributed by atoms with van der Waals surface area (Å²) in [7, 11) is 0. The van der Waals surface area contributed by atoms with Crippen molar-refractivity contribution in [1.82, 2.24) is 24.9 Å². The molecule has 22 aromatic carbocycles. The summed E-state index contributed by atoms with van der Waals surface area (Å²) in [6.07, 6.45) is 9.62. The second-order valence-corrected chi connectivity index (χ2v) is 41.0. The monoisotopic (exact) mass is 1870 g/mol. The largest absolute Gasteiger partial charge is 0.453 e. The first kappa shape index (κ1) is 80.3. The van der Waals surface area contributed by atoms with E-state index in [-0.39, 0.29) is 0 Å². The van der Waals surface area contributed by atoms with Gasteiger partial charge in [-0.05, 0) is 314 Å². The number of rotatable bonds is 4. The Balaban J connectivity index is 0.0000000951. The lowest BCUT2D eigenvalue weighted by Crippen LogP contribution is -2.26. The van der Waals surface area contributed by atoms with Crippen LogP contribution in [-0.4, -0.2) is 24.9 Å². The van der Waals surface area contributed by atoms with Gasteiger partial charge in [0.1, 0.15) is 11.0 Å². The summed E-state index contributed by atoms with van der Waals surface area (Å²) >= 11 is 0. The van der Waals surface area contributed by atoms with Crippen molar-refractivity contribution in [2.24, 2.45) is 0 Å². The third kappa shape index (κ3) is 10.1. The standard InChI is InChI=1S/C51H28N2.C46H27N.C45H24N2O/c1-3-19-35-30(15-1)31-16-2-4-20-36(31)50-49(35)52-28-44(53-50)48-46-38-23-12-14-29-13-11-22-34(45(29)38)39(46)27-43-47(48)37-21-7-10-26-42(37)51(43)40-24-8-5-17-32(40)33-18-6-9-25-41(33)51;1-4-16-38-32(11-1)33-12-2-5-17-39(33)46(38)40-18-6-3-13-35(40)45-41(46)27-37-34-14-7-9-30-10-8-15-36(42(30)34)44(37)43(45)31-21-19-28(20-22-31)29-23-25-47-26-24-29;1-4-17-33-27(12-1)28-13-2-5-18-34(28)45(33)35-19-6-3-14-30(35)42-36(45)23-32-29-15-7-10-25-11-8-16-31(39(25)29)41(32)40(42)26-22-38-44(47-24-26)43-37(48-38)20-9-21-46-43/h1-28H;1-27H;1-24H. The van der Waals surface area contributed by atoms with Crippen LogP contribution in [0.2, 0.25) is 0 Å². The summed E-state index contributed by atoms with van der Waals surface area (Å²) in [6, 6.07) is 167. The summed E-state index contributed by atoms with van der Waals surface area (Å²) in [4.78, 5) is 25.0. The number of furan rings is 1. The molecule has 148 heavy (non-hydrogen) atoms. The number of fused-ring (bicyclic) bond motifs is 48. The molecule has 0 bridgehead atoms. The van der Waals surface area contributed by atoms with Gasteiger partial charge in [-0.15, -0.1) is 0 Å². The van der Waals surface area contributed by atoms with Gasteiger partial charge in [-0.3, -0.25) is 15.0 Å². The Kier molecular flexibility index (Phi) is 16.0. The van der Waals surface area contributed by atoms with Crippen molar-refractivity contribution in [3.8, 4) is 178 Å². The van der Waals surface area contributed by atoms with Gasteiger partial charge in [0.15, 0.2) is 11.2 Å². The van der Waals surface area contributed by atoms with E-state index in [1.165, 1.54) is 277 Å². The minimum absolute atomic E-state index is 0.400. The van der Waals surface area contributed by atoms with Gasteiger partial charge >= 0.3 is 0 Å². The number of pyridine rings is 3. The van der Waals surface area contributed by atoms with E-state index in [2.05, 4.69) is 447 Å². The zero-order chi connectivity index (χ0) is 96.2. The van der Waals surface area contributed by atoms with Crippen LogP contribution in [0.15, 0.2) is 484 Å². The van der Waals surface area contributed by atoms with Gasteiger partial charge in [0.25, 0.3) is 0 Å². The minimum atomic E-state index is -0.473. The summed E-state index contributed by atoms with van der Waals surface area (Å²) in [5, 5.41) is 12.5. The van der Waals surface area contributed by atoms with Crippen LogP contribution in [0.25, 0.3) is 265 Å². The van der Waals surface area contributed by atoms with Crippen LogP contribution in [0.4, 0.5) is 0 Å². The van der Waals surface area contributed by atoms with Gasteiger partial charge in [-0.25, -0.2) is 9.97 Å². The Morgan fingerprint density at radius 2 is 0.480 bits per heavy atom. The van der Waals surface area contributed by atoms with Crippen molar-refractivity contribution in [1.29, 1.82) is 0 Å². The molecule has 5 aromatic heterocycles. The van der Waals surface area contributed by atoms with Gasteiger partial charge < -0.3 is 4.42 Å². The first-order chi connectivity index (χ1) is 73.5. The highest BCUT2D eigenvalue weighted by molar-refractivity contribution is 6.28. The van der Waals surface area contributed by atoms with E-state index in [1.807, 2.05) is 36.9 Å². The average molecular weight is 1870 g/mol. The number of hydrogen-bond acceptors (Lipinski definition) is 6. The van der Waals surface area contributed by atoms with E-state index in [9.17, 15) is 0 Å². The molecule has 6 heteroatoms. The van der Waals surface area contributed by atoms with Crippen molar-refractivity contribution in [3.05, 3.63) is 547 Å². The van der Waals surface area contributed by atoms with Crippen molar-refractivity contribution < 1.29 is 4.42 Å². The van der Waals surface area contributed by atoms with E-state index < -0.39 is 16.2 Å². The lowest BCUT2D eigenvalue weighted by Gasteiger charge is -2.31. The Labute approximate surface area is 851 Å². The van der Waals surface area contributed by atoms with Crippen molar-refractivity contribution in [3.63, 3.8) is 0 Å². The van der Waals surface area contributed by atoms with E-state index in [0.717, 1.165) is 55.3 Å². The van der Waals surface area contributed by atoms with Gasteiger partial charge in [0.05, 0.1) is 39.2 Å². The minimum Gasteiger partial charge on any atom is -0.453 e. The fourth-order valence-corrected chi connectivity index (χ4v) is 29.1. The molecule has 6 nitrogen and oxygen atoms in total. The predicted octanol–water partition coefficient (Wildman–Crippen LogP) is 35.5. The Morgan fingerprint density at radius 3 is 0.892 bits per heavy atom. The molecule has 0 atom stereocenters.